The smallest absolute Gasteiger partial charge is 0.244 e. The van der Waals surface area contributed by atoms with Gasteiger partial charge < -0.3 is 10.5 Å². The van der Waals surface area contributed by atoms with Gasteiger partial charge in [-0.3, -0.25) is 0 Å². The molecule has 20 heavy (non-hydrogen) atoms. The lowest BCUT2D eigenvalue weighted by molar-refractivity contribution is 0.402. The van der Waals surface area contributed by atoms with Crippen molar-refractivity contribution < 1.29 is 13.2 Å². The summed E-state index contributed by atoms with van der Waals surface area (Å²) in [5, 5.41) is 0.360. The van der Waals surface area contributed by atoms with Gasteiger partial charge in [0.1, 0.15) is 10.6 Å². The molecule has 1 aromatic carbocycles. The Bertz CT molecular complexity index is 582. The molecule has 2 rings (SSSR count). The predicted molar refractivity (Wildman–Crippen MR) is 82.8 cm³/mol. The highest BCUT2D eigenvalue weighted by molar-refractivity contribution is 8.00. The number of sulfonamides is 1. The number of nitrogens with two attached hydrogens (primary N) is 1. The molecule has 0 aromatic heterocycles. The van der Waals surface area contributed by atoms with E-state index in [2.05, 4.69) is 4.72 Å². The van der Waals surface area contributed by atoms with Crippen molar-refractivity contribution in [3.05, 3.63) is 17.7 Å². The van der Waals surface area contributed by atoms with Crippen LogP contribution < -0.4 is 15.2 Å². The van der Waals surface area contributed by atoms with Gasteiger partial charge in [0.25, 0.3) is 0 Å². The third-order valence-electron chi connectivity index (χ3n) is 3.37. The van der Waals surface area contributed by atoms with Gasteiger partial charge in [-0.2, -0.15) is 11.8 Å². The Morgan fingerprint density at radius 3 is 2.85 bits per heavy atom. The van der Waals surface area contributed by atoms with E-state index in [1.807, 2.05) is 18.7 Å². The van der Waals surface area contributed by atoms with E-state index in [-0.39, 0.29) is 4.90 Å². The minimum Gasteiger partial charge on any atom is -0.495 e. The number of benzene rings is 1. The van der Waals surface area contributed by atoms with Crippen LogP contribution in [0.2, 0.25) is 0 Å². The molecule has 0 bridgehead atoms. The molecule has 1 aromatic rings. The molecule has 1 unspecified atom stereocenters. The van der Waals surface area contributed by atoms with Crippen LogP contribution in [0.3, 0.4) is 0 Å². The molecule has 112 valence electrons. The number of nitrogens with one attached hydrogen (secondary N) is 1. The molecule has 0 saturated carbocycles. The zero-order valence-corrected chi connectivity index (χ0v) is 13.3. The normalized spacial score (nSPS) is 19.2. The Hall–Kier alpha value is -0.920. The van der Waals surface area contributed by atoms with Crippen molar-refractivity contribution in [2.24, 2.45) is 0 Å². The van der Waals surface area contributed by atoms with Crippen molar-refractivity contribution in [2.75, 3.05) is 25.1 Å². The molecule has 1 aliphatic rings. The lowest BCUT2D eigenvalue weighted by Crippen LogP contribution is -2.30. The Balaban J connectivity index is 2.21. The maximum atomic E-state index is 12.4. The summed E-state index contributed by atoms with van der Waals surface area (Å²) in [6.45, 7) is 2.26. The fourth-order valence-electron chi connectivity index (χ4n) is 2.13. The number of ether oxygens (including phenoxy) is 1. The molecule has 0 aliphatic carbocycles. The maximum Gasteiger partial charge on any atom is 0.244 e. The minimum atomic E-state index is -3.60. The van der Waals surface area contributed by atoms with E-state index < -0.39 is 10.0 Å². The molecule has 0 radical (unpaired) electrons. The summed E-state index contributed by atoms with van der Waals surface area (Å²) in [6.07, 6.45) is 2.21. The molecule has 3 N–H and O–H groups in total. The predicted octanol–water partition coefficient (Wildman–Crippen LogP) is 1.76. The lowest BCUT2D eigenvalue weighted by Gasteiger charge is -2.14. The average molecular weight is 316 g/mol. The van der Waals surface area contributed by atoms with Crippen LogP contribution in [0, 0.1) is 6.92 Å². The van der Waals surface area contributed by atoms with Crippen LogP contribution in [0.1, 0.15) is 18.4 Å². The van der Waals surface area contributed by atoms with Crippen molar-refractivity contribution in [2.45, 2.75) is 29.9 Å². The summed E-state index contributed by atoms with van der Waals surface area (Å²) >= 11 is 1.81. The number of anilines is 1. The molecular weight excluding hydrogens is 296 g/mol. The van der Waals surface area contributed by atoms with Gasteiger partial charge in [0.05, 0.1) is 7.11 Å². The fourth-order valence-corrected chi connectivity index (χ4v) is 4.70. The first kappa shape index (κ1) is 15.5. The fraction of sp³-hybridized carbons (Fsp3) is 0.538. The van der Waals surface area contributed by atoms with Gasteiger partial charge >= 0.3 is 0 Å². The van der Waals surface area contributed by atoms with Crippen molar-refractivity contribution in [1.82, 2.24) is 4.72 Å². The standard InChI is InChI=1S/C13H20N2O3S2/c1-9-6-12(18-2)13(7-11(9)14)20(16,17)15-8-10-4-3-5-19-10/h6-7,10,15H,3-5,8,14H2,1-2H3. The van der Waals surface area contributed by atoms with E-state index >= 15 is 0 Å². The molecule has 7 heteroatoms. The van der Waals surface area contributed by atoms with Gasteiger partial charge in [0.15, 0.2) is 0 Å². The average Bonchev–Trinajstić information content (AvgIpc) is 2.92. The second kappa shape index (κ2) is 6.24. The van der Waals surface area contributed by atoms with Gasteiger partial charge in [-0.15, -0.1) is 0 Å². The van der Waals surface area contributed by atoms with Crippen LogP contribution >= 0.6 is 11.8 Å². The number of aryl methyl sites for hydroxylation is 1. The maximum absolute atomic E-state index is 12.4. The van der Waals surface area contributed by atoms with Crippen molar-refractivity contribution in [3.8, 4) is 5.75 Å². The third kappa shape index (κ3) is 3.39. The second-order valence-electron chi connectivity index (χ2n) is 4.85. The van der Waals surface area contributed by atoms with Crippen LogP contribution in [0.15, 0.2) is 17.0 Å². The van der Waals surface area contributed by atoms with Gasteiger partial charge in [-0.1, -0.05) is 0 Å². The van der Waals surface area contributed by atoms with E-state index in [9.17, 15) is 8.42 Å². The molecule has 1 saturated heterocycles. The quantitative estimate of drug-likeness (QED) is 0.809. The van der Waals surface area contributed by atoms with Gasteiger partial charge in [-0.05, 0) is 43.2 Å². The van der Waals surface area contributed by atoms with Gasteiger partial charge in [-0.25, -0.2) is 13.1 Å². The summed E-state index contributed by atoms with van der Waals surface area (Å²) in [7, 11) is -2.14. The van der Waals surface area contributed by atoms with Crippen LogP contribution in [0.5, 0.6) is 5.75 Å². The SMILES string of the molecule is COc1cc(C)c(N)cc1S(=O)(=O)NCC1CCCS1. The molecule has 5 nitrogen and oxygen atoms in total. The van der Waals surface area contributed by atoms with E-state index in [0.29, 0.717) is 23.2 Å². The lowest BCUT2D eigenvalue weighted by atomic mass is 10.2. The summed E-state index contributed by atoms with van der Waals surface area (Å²) in [5.41, 5.74) is 7.05. The van der Waals surface area contributed by atoms with Crippen LogP contribution in [-0.2, 0) is 10.0 Å². The highest BCUT2D eigenvalue weighted by atomic mass is 32.2. The zero-order chi connectivity index (χ0) is 14.8. The van der Waals surface area contributed by atoms with Gasteiger partial charge in [0, 0.05) is 17.5 Å². The molecule has 1 aliphatic heterocycles. The first-order valence-corrected chi connectivity index (χ1v) is 9.02. The molecule has 1 heterocycles. The van der Waals surface area contributed by atoms with Crippen molar-refractivity contribution in [3.63, 3.8) is 0 Å². The Kier molecular flexibility index (Phi) is 4.82. The number of hydrogen-bond acceptors (Lipinski definition) is 5. The van der Waals surface area contributed by atoms with Crippen LogP contribution in [-0.4, -0.2) is 33.1 Å². The highest BCUT2D eigenvalue weighted by Crippen LogP contribution is 2.30. The van der Waals surface area contributed by atoms with E-state index in [0.717, 1.165) is 24.2 Å². The number of nitrogen functional groups attached to an aromatic ring is 1. The Morgan fingerprint density at radius 2 is 2.25 bits per heavy atom. The Morgan fingerprint density at radius 1 is 1.50 bits per heavy atom. The number of methoxy groups -OCH3 is 1. The summed E-state index contributed by atoms with van der Waals surface area (Å²) in [5.74, 6) is 1.43. The van der Waals surface area contributed by atoms with Crippen LogP contribution in [0.25, 0.3) is 0 Å². The zero-order valence-electron chi connectivity index (χ0n) is 11.7. The molecule has 1 fully saturated rings. The molecule has 1 atom stereocenters. The Labute approximate surface area is 124 Å². The summed E-state index contributed by atoms with van der Waals surface area (Å²) < 4.78 is 32.6. The first-order chi connectivity index (χ1) is 9.44. The van der Waals surface area contributed by atoms with E-state index in [4.69, 9.17) is 10.5 Å². The van der Waals surface area contributed by atoms with E-state index in [1.165, 1.54) is 13.2 Å². The first-order valence-electron chi connectivity index (χ1n) is 6.49. The summed E-state index contributed by atoms with van der Waals surface area (Å²) in [6, 6.07) is 3.10. The van der Waals surface area contributed by atoms with E-state index in [1.54, 1.807) is 6.07 Å². The second-order valence-corrected chi connectivity index (χ2v) is 7.99. The summed E-state index contributed by atoms with van der Waals surface area (Å²) in [4.78, 5) is 0.103. The largest absolute Gasteiger partial charge is 0.495 e. The molecule has 0 spiro atoms. The minimum absolute atomic E-state index is 0.103. The highest BCUT2D eigenvalue weighted by Gasteiger charge is 2.23. The van der Waals surface area contributed by atoms with Crippen molar-refractivity contribution in [1.29, 1.82) is 0 Å². The molecular formula is C13H20N2O3S2. The van der Waals surface area contributed by atoms with Crippen LogP contribution in [0.4, 0.5) is 5.69 Å². The van der Waals surface area contributed by atoms with Gasteiger partial charge in [0.2, 0.25) is 10.0 Å². The topological polar surface area (TPSA) is 81.4 Å². The third-order valence-corrected chi connectivity index (χ3v) is 6.21. The molecule has 0 amide bonds. The number of thioether (sulfide) groups is 1. The number of hydrogen-bond donors (Lipinski definition) is 2. The van der Waals surface area contributed by atoms with Crippen molar-refractivity contribution >= 4 is 27.5 Å². The number of rotatable bonds is 5. The monoisotopic (exact) mass is 316 g/mol.